The SMILES string of the molecule is CC1=C(CCC2=CC=CC2)C2=CC3=C(CCCC3)CC2=C1. The van der Waals surface area contributed by atoms with Crippen LogP contribution in [0.15, 0.2) is 69.4 Å². The van der Waals surface area contributed by atoms with Gasteiger partial charge >= 0.3 is 0 Å². The first kappa shape index (κ1) is 13.1. The van der Waals surface area contributed by atoms with Crippen LogP contribution in [0.5, 0.6) is 0 Å². The van der Waals surface area contributed by atoms with Crippen molar-refractivity contribution in [1.29, 1.82) is 0 Å². The highest BCUT2D eigenvalue weighted by atomic mass is 14.3. The monoisotopic (exact) mass is 276 g/mol. The molecule has 4 aliphatic carbocycles. The Hall–Kier alpha value is -1.56. The Labute approximate surface area is 128 Å². The van der Waals surface area contributed by atoms with E-state index < -0.39 is 0 Å². The molecule has 108 valence electrons. The van der Waals surface area contributed by atoms with Crippen LogP contribution in [0.3, 0.4) is 0 Å². The molecule has 0 radical (unpaired) electrons. The van der Waals surface area contributed by atoms with Gasteiger partial charge in [-0.3, -0.25) is 0 Å². The second kappa shape index (κ2) is 5.33. The van der Waals surface area contributed by atoms with Gasteiger partial charge in [-0.2, -0.15) is 0 Å². The van der Waals surface area contributed by atoms with Gasteiger partial charge in [-0.15, -0.1) is 0 Å². The summed E-state index contributed by atoms with van der Waals surface area (Å²) >= 11 is 0. The van der Waals surface area contributed by atoms with Gasteiger partial charge < -0.3 is 0 Å². The Morgan fingerprint density at radius 2 is 1.95 bits per heavy atom. The second-order valence-corrected chi connectivity index (χ2v) is 6.86. The summed E-state index contributed by atoms with van der Waals surface area (Å²) in [6.07, 6.45) is 22.0. The molecule has 0 saturated heterocycles. The fraction of sp³-hybridized carbons (Fsp3) is 0.429. The lowest BCUT2D eigenvalue weighted by atomic mass is 9.80. The summed E-state index contributed by atoms with van der Waals surface area (Å²) in [5, 5.41) is 0. The Morgan fingerprint density at radius 1 is 1.05 bits per heavy atom. The third-order valence-electron chi connectivity index (χ3n) is 5.43. The lowest BCUT2D eigenvalue weighted by molar-refractivity contribution is 0.664. The molecule has 0 nitrogen and oxygen atoms in total. The smallest absolute Gasteiger partial charge is 0.00551 e. The quantitative estimate of drug-likeness (QED) is 0.583. The summed E-state index contributed by atoms with van der Waals surface area (Å²) in [7, 11) is 0. The van der Waals surface area contributed by atoms with Gasteiger partial charge in [-0.1, -0.05) is 41.5 Å². The summed E-state index contributed by atoms with van der Waals surface area (Å²) in [4.78, 5) is 0. The van der Waals surface area contributed by atoms with Crippen LogP contribution >= 0.6 is 0 Å². The third kappa shape index (κ3) is 2.41. The average molecular weight is 276 g/mol. The summed E-state index contributed by atoms with van der Waals surface area (Å²) in [6, 6.07) is 0. The van der Waals surface area contributed by atoms with Crippen LogP contribution < -0.4 is 0 Å². The molecule has 0 aromatic rings. The van der Waals surface area contributed by atoms with Crippen molar-refractivity contribution in [2.45, 2.75) is 58.3 Å². The van der Waals surface area contributed by atoms with E-state index in [4.69, 9.17) is 0 Å². The number of allylic oxidation sites excluding steroid dienone is 12. The highest BCUT2D eigenvalue weighted by Gasteiger charge is 2.26. The minimum atomic E-state index is 1.17. The van der Waals surface area contributed by atoms with Crippen molar-refractivity contribution in [2.24, 2.45) is 0 Å². The van der Waals surface area contributed by atoms with E-state index in [1.54, 1.807) is 33.4 Å². The Balaban J connectivity index is 1.56. The van der Waals surface area contributed by atoms with Crippen LogP contribution in [-0.2, 0) is 0 Å². The summed E-state index contributed by atoms with van der Waals surface area (Å²) in [6.45, 7) is 2.31. The fourth-order valence-corrected chi connectivity index (χ4v) is 4.22. The van der Waals surface area contributed by atoms with Gasteiger partial charge in [0.05, 0.1) is 0 Å². The number of rotatable bonds is 3. The third-order valence-corrected chi connectivity index (χ3v) is 5.43. The standard InChI is InChI=1S/C21H24/c1-15-12-19-13-17-8-4-5-9-18(17)14-21(19)20(15)11-10-16-6-2-3-7-16/h2-3,6,12,14H,4-5,7-11,13H2,1H3. The molecule has 0 spiro atoms. The molecule has 0 aliphatic heterocycles. The lowest BCUT2D eigenvalue weighted by Crippen LogP contribution is -2.06. The summed E-state index contributed by atoms with van der Waals surface area (Å²) in [5.41, 5.74) is 11.3. The maximum absolute atomic E-state index is 2.54. The molecule has 0 aromatic heterocycles. The molecule has 4 rings (SSSR count). The second-order valence-electron chi connectivity index (χ2n) is 6.86. The van der Waals surface area contributed by atoms with Crippen molar-refractivity contribution in [2.75, 3.05) is 0 Å². The van der Waals surface area contributed by atoms with Crippen molar-refractivity contribution in [3.8, 4) is 0 Å². The normalized spacial score (nSPS) is 24.0. The predicted octanol–water partition coefficient (Wildman–Crippen LogP) is 6.11. The highest BCUT2D eigenvalue weighted by Crippen LogP contribution is 2.45. The van der Waals surface area contributed by atoms with E-state index in [1.807, 2.05) is 0 Å². The van der Waals surface area contributed by atoms with Crippen LogP contribution in [0, 0.1) is 0 Å². The van der Waals surface area contributed by atoms with E-state index in [0.717, 1.165) is 0 Å². The van der Waals surface area contributed by atoms with Gasteiger partial charge in [0.1, 0.15) is 0 Å². The molecule has 0 saturated carbocycles. The topological polar surface area (TPSA) is 0 Å². The minimum absolute atomic E-state index is 1.17. The van der Waals surface area contributed by atoms with Crippen LogP contribution in [0.2, 0.25) is 0 Å². The molecule has 0 fully saturated rings. The molecule has 0 bridgehead atoms. The van der Waals surface area contributed by atoms with E-state index in [1.165, 1.54) is 56.9 Å². The van der Waals surface area contributed by atoms with Crippen molar-refractivity contribution in [1.82, 2.24) is 0 Å². The zero-order chi connectivity index (χ0) is 14.2. The van der Waals surface area contributed by atoms with Gasteiger partial charge in [-0.05, 0) is 86.2 Å². The Morgan fingerprint density at radius 3 is 2.81 bits per heavy atom. The molecule has 0 unspecified atom stereocenters. The average Bonchev–Trinajstić information content (AvgIpc) is 3.10. The van der Waals surface area contributed by atoms with Gasteiger partial charge in [-0.25, -0.2) is 0 Å². The predicted molar refractivity (Wildman–Crippen MR) is 90.1 cm³/mol. The molecule has 0 atom stereocenters. The van der Waals surface area contributed by atoms with Crippen molar-refractivity contribution in [3.63, 3.8) is 0 Å². The van der Waals surface area contributed by atoms with E-state index in [2.05, 4.69) is 37.3 Å². The van der Waals surface area contributed by atoms with E-state index >= 15 is 0 Å². The molecule has 0 aromatic carbocycles. The van der Waals surface area contributed by atoms with E-state index in [-0.39, 0.29) is 0 Å². The van der Waals surface area contributed by atoms with Crippen molar-refractivity contribution in [3.05, 3.63) is 69.4 Å². The number of hydrogen-bond donors (Lipinski definition) is 0. The van der Waals surface area contributed by atoms with E-state index in [0.29, 0.717) is 0 Å². The highest BCUT2D eigenvalue weighted by molar-refractivity contribution is 5.64. The maximum atomic E-state index is 2.54. The number of hydrogen-bond acceptors (Lipinski definition) is 0. The fourth-order valence-electron chi connectivity index (χ4n) is 4.22. The maximum Gasteiger partial charge on any atom is -0.00551 e. The zero-order valence-electron chi connectivity index (χ0n) is 13.0. The van der Waals surface area contributed by atoms with Crippen molar-refractivity contribution >= 4 is 0 Å². The van der Waals surface area contributed by atoms with Gasteiger partial charge in [0.15, 0.2) is 0 Å². The van der Waals surface area contributed by atoms with Crippen LogP contribution in [0.25, 0.3) is 0 Å². The van der Waals surface area contributed by atoms with Crippen LogP contribution in [-0.4, -0.2) is 0 Å². The largest absolute Gasteiger partial charge is 0.0805 e. The zero-order valence-corrected chi connectivity index (χ0v) is 13.0. The first-order valence-corrected chi connectivity index (χ1v) is 8.49. The molecule has 4 aliphatic rings. The first-order chi connectivity index (χ1) is 10.3. The lowest BCUT2D eigenvalue weighted by Gasteiger charge is -2.25. The summed E-state index contributed by atoms with van der Waals surface area (Å²) < 4.78 is 0. The molecular formula is C21H24. The molecular weight excluding hydrogens is 252 g/mol. The Kier molecular flexibility index (Phi) is 3.33. The number of fused-ring (bicyclic) bond motifs is 1. The molecule has 0 N–H and O–H groups in total. The molecule has 21 heavy (non-hydrogen) atoms. The minimum Gasteiger partial charge on any atom is -0.0805 e. The van der Waals surface area contributed by atoms with Gasteiger partial charge in [0.25, 0.3) is 0 Å². The van der Waals surface area contributed by atoms with Crippen LogP contribution in [0.1, 0.15) is 58.3 Å². The molecule has 0 heteroatoms. The first-order valence-electron chi connectivity index (χ1n) is 8.49. The van der Waals surface area contributed by atoms with Crippen LogP contribution in [0.4, 0.5) is 0 Å². The van der Waals surface area contributed by atoms with Gasteiger partial charge in [0.2, 0.25) is 0 Å². The van der Waals surface area contributed by atoms with E-state index in [9.17, 15) is 0 Å². The van der Waals surface area contributed by atoms with Crippen molar-refractivity contribution < 1.29 is 0 Å². The summed E-state index contributed by atoms with van der Waals surface area (Å²) in [5.74, 6) is 0. The van der Waals surface area contributed by atoms with Gasteiger partial charge in [0, 0.05) is 0 Å². The molecule has 0 amide bonds. The molecule has 0 heterocycles. The Bertz CT molecular complexity index is 656.